The fourth-order valence-corrected chi connectivity index (χ4v) is 1.27. The lowest BCUT2D eigenvalue weighted by Crippen LogP contribution is -2.17. The molecule has 1 aromatic carbocycles. The lowest BCUT2D eigenvalue weighted by atomic mass is 10.2. The van der Waals surface area contributed by atoms with E-state index in [0.717, 1.165) is 0 Å². The third-order valence-corrected chi connectivity index (χ3v) is 1.92. The van der Waals surface area contributed by atoms with E-state index in [2.05, 4.69) is 4.74 Å². The molecule has 84 valence electrons. The molecule has 6 heteroatoms. The Labute approximate surface area is 89.6 Å². The van der Waals surface area contributed by atoms with Gasteiger partial charge in [-0.05, 0) is 18.2 Å². The first-order valence-corrected chi connectivity index (χ1v) is 4.48. The number of methoxy groups -OCH3 is 1. The van der Waals surface area contributed by atoms with E-state index in [9.17, 15) is 13.2 Å². The molecular formula is C9H8ClF3O2. The second kappa shape index (κ2) is 4.61. The molecule has 0 aliphatic rings. The Hall–Kier alpha value is -1.10. The van der Waals surface area contributed by atoms with Crippen molar-refractivity contribution < 1.29 is 22.6 Å². The summed E-state index contributed by atoms with van der Waals surface area (Å²) in [5.74, 6) is 0.177. The topological polar surface area (TPSA) is 18.5 Å². The SMILES string of the molecule is COc1ccc(OC(F)(F)F)cc1CCl. The summed E-state index contributed by atoms with van der Waals surface area (Å²) in [4.78, 5) is 0. The molecule has 0 spiro atoms. The number of halogens is 4. The molecule has 0 bridgehead atoms. The molecule has 0 saturated heterocycles. The third kappa shape index (κ3) is 3.51. The van der Waals surface area contributed by atoms with E-state index < -0.39 is 6.36 Å². The van der Waals surface area contributed by atoms with Crippen LogP contribution in [0.25, 0.3) is 0 Å². The predicted octanol–water partition coefficient (Wildman–Crippen LogP) is 3.33. The summed E-state index contributed by atoms with van der Waals surface area (Å²) >= 11 is 5.54. The Bertz CT molecular complexity index is 339. The van der Waals surface area contributed by atoms with Crippen LogP contribution in [-0.2, 0) is 5.88 Å². The first kappa shape index (κ1) is 12.0. The zero-order valence-corrected chi connectivity index (χ0v) is 8.52. The van der Waals surface area contributed by atoms with Gasteiger partial charge in [0.2, 0.25) is 0 Å². The quantitative estimate of drug-likeness (QED) is 0.755. The highest BCUT2D eigenvalue weighted by Crippen LogP contribution is 2.29. The minimum atomic E-state index is -4.70. The Morgan fingerprint density at radius 3 is 2.47 bits per heavy atom. The van der Waals surface area contributed by atoms with Gasteiger partial charge >= 0.3 is 6.36 Å². The van der Waals surface area contributed by atoms with Gasteiger partial charge in [-0.25, -0.2) is 0 Å². The van der Waals surface area contributed by atoms with Crippen molar-refractivity contribution in [3.63, 3.8) is 0 Å². The van der Waals surface area contributed by atoms with Gasteiger partial charge in [-0.3, -0.25) is 0 Å². The van der Waals surface area contributed by atoms with Gasteiger partial charge in [0.15, 0.2) is 0 Å². The summed E-state index contributed by atoms with van der Waals surface area (Å²) in [5.41, 5.74) is 0.445. The van der Waals surface area contributed by atoms with Crippen molar-refractivity contribution in [2.24, 2.45) is 0 Å². The first-order valence-electron chi connectivity index (χ1n) is 3.95. The monoisotopic (exact) mass is 240 g/mol. The zero-order valence-electron chi connectivity index (χ0n) is 7.77. The summed E-state index contributed by atoms with van der Waals surface area (Å²) in [5, 5.41) is 0. The van der Waals surface area contributed by atoms with Crippen LogP contribution in [0.1, 0.15) is 5.56 Å². The first-order chi connectivity index (χ1) is 6.96. The molecule has 0 fully saturated rings. The Kier molecular flexibility index (Phi) is 3.68. The van der Waals surface area contributed by atoms with Gasteiger partial charge < -0.3 is 9.47 Å². The van der Waals surface area contributed by atoms with Crippen LogP contribution in [0.15, 0.2) is 18.2 Å². The fraction of sp³-hybridized carbons (Fsp3) is 0.333. The van der Waals surface area contributed by atoms with E-state index >= 15 is 0 Å². The van der Waals surface area contributed by atoms with E-state index in [1.807, 2.05) is 0 Å². The molecule has 0 atom stereocenters. The number of rotatable bonds is 3. The highest BCUT2D eigenvalue weighted by atomic mass is 35.5. The molecule has 0 N–H and O–H groups in total. The van der Waals surface area contributed by atoms with Gasteiger partial charge in [0.05, 0.1) is 13.0 Å². The van der Waals surface area contributed by atoms with Gasteiger partial charge in [0.1, 0.15) is 11.5 Å². The highest BCUT2D eigenvalue weighted by molar-refractivity contribution is 6.17. The molecule has 0 aromatic heterocycles. The van der Waals surface area contributed by atoms with Gasteiger partial charge in [0.25, 0.3) is 0 Å². The van der Waals surface area contributed by atoms with E-state index in [1.54, 1.807) is 0 Å². The maximum Gasteiger partial charge on any atom is 0.573 e. The van der Waals surface area contributed by atoms with Gasteiger partial charge in [-0.15, -0.1) is 24.8 Å². The second-order valence-electron chi connectivity index (χ2n) is 2.66. The van der Waals surface area contributed by atoms with Crippen molar-refractivity contribution in [1.82, 2.24) is 0 Å². The fourth-order valence-electron chi connectivity index (χ4n) is 1.06. The van der Waals surface area contributed by atoms with Crippen molar-refractivity contribution >= 4 is 11.6 Å². The van der Waals surface area contributed by atoms with Crippen LogP contribution in [-0.4, -0.2) is 13.5 Å². The van der Waals surface area contributed by atoms with E-state index in [1.165, 1.54) is 25.3 Å². The van der Waals surface area contributed by atoms with Crippen LogP contribution >= 0.6 is 11.6 Å². The Balaban J connectivity index is 2.93. The molecular weight excluding hydrogens is 233 g/mol. The maximum absolute atomic E-state index is 11.9. The molecule has 1 aromatic rings. The predicted molar refractivity (Wildman–Crippen MR) is 49.2 cm³/mol. The van der Waals surface area contributed by atoms with Crippen LogP contribution in [0, 0.1) is 0 Å². The largest absolute Gasteiger partial charge is 0.573 e. The van der Waals surface area contributed by atoms with Crippen molar-refractivity contribution in [2.75, 3.05) is 7.11 Å². The highest BCUT2D eigenvalue weighted by Gasteiger charge is 2.31. The molecule has 0 heterocycles. The number of ether oxygens (including phenoxy) is 2. The van der Waals surface area contributed by atoms with E-state index in [0.29, 0.717) is 11.3 Å². The average molecular weight is 241 g/mol. The zero-order chi connectivity index (χ0) is 11.5. The molecule has 0 aliphatic carbocycles. The van der Waals surface area contributed by atoms with Crippen LogP contribution in [0.3, 0.4) is 0 Å². The number of hydrogen-bond donors (Lipinski definition) is 0. The number of alkyl halides is 4. The lowest BCUT2D eigenvalue weighted by Gasteiger charge is -2.11. The molecule has 15 heavy (non-hydrogen) atoms. The molecule has 2 nitrogen and oxygen atoms in total. The minimum absolute atomic E-state index is 0.0538. The summed E-state index contributed by atoms with van der Waals surface area (Å²) in [6.07, 6.45) is -4.70. The van der Waals surface area contributed by atoms with Crippen molar-refractivity contribution in [2.45, 2.75) is 12.2 Å². The van der Waals surface area contributed by atoms with Crippen molar-refractivity contribution in [3.05, 3.63) is 23.8 Å². The van der Waals surface area contributed by atoms with Crippen LogP contribution < -0.4 is 9.47 Å². The Morgan fingerprint density at radius 1 is 1.33 bits per heavy atom. The van der Waals surface area contributed by atoms with Gasteiger partial charge in [-0.2, -0.15) is 0 Å². The Morgan fingerprint density at radius 2 is 2.00 bits per heavy atom. The molecule has 0 saturated carbocycles. The molecule has 0 radical (unpaired) electrons. The summed E-state index contributed by atoms with van der Waals surface area (Å²) < 4.78 is 44.2. The summed E-state index contributed by atoms with van der Waals surface area (Å²) in [6.45, 7) is 0. The third-order valence-electron chi connectivity index (χ3n) is 1.63. The van der Waals surface area contributed by atoms with Crippen LogP contribution in [0.5, 0.6) is 11.5 Å². The smallest absolute Gasteiger partial charge is 0.496 e. The normalized spacial score (nSPS) is 11.3. The average Bonchev–Trinajstić information content (AvgIpc) is 2.15. The van der Waals surface area contributed by atoms with Crippen LogP contribution in [0.2, 0.25) is 0 Å². The number of hydrogen-bond acceptors (Lipinski definition) is 2. The van der Waals surface area contributed by atoms with Crippen molar-refractivity contribution in [1.29, 1.82) is 0 Å². The van der Waals surface area contributed by atoms with E-state index in [-0.39, 0.29) is 11.6 Å². The molecule has 0 amide bonds. The molecule has 1 rings (SSSR count). The maximum atomic E-state index is 11.9. The number of benzene rings is 1. The molecule has 0 aliphatic heterocycles. The molecule has 0 unspecified atom stereocenters. The van der Waals surface area contributed by atoms with Crippen molar-refractivity contribution in [3.8, 4) is 11.5 Å². The van der Waals surface area contributed by atoms with Gasteiger partial charge in [0, 0.05) is 5.56 Å². The standard InChI is InChI=1S/C9H8ClF3O2/c1-14-8-3-2-7(4-6(8)5-10)15-9(11,12)13/h2-4H,5H2,1H3. The van der Waals surface area contributed by atoms with Gasteiger partial charge in [-0.1, -0.05) is 0 Å². The summed E-state index contributed by atoms with van der Waals surface area (Å²) in [7, 11) is 1.41. The van der Waals surface area contributed by atoms with Crippen LogP contribution in [0.4, 0.5) is 13.2 Å². The minimum Gasteiger partial charge on any atom is -0.496 e. The van der Waals surface area contributed by atoms with E-state index in [4.69, 9.17) is 16.3 Å². The second-order valence-corrected chi connectivity index (χ2v) is 2.92. The summed E-state index contributed by atoms with van der Waals surface area (Å²) in [6, 6.07) is 3.74. The lowest BCUT2D eigenvalue weighted by molar-refractivity contribution is -0.274.